The van der Waals surface area contributed by atoms with Crippen molar-refractivity contribution in [1.82, 2.24) is 5.32 Å². The summed E-state index contributed by atoms with van der Waals surface area (Å²) in [5, 5.41) is 12.1. The van der Waals surface area contributed by atoms with Gasteiger partial charge in [0.2, 0.25) is 12.0 Å². The summed E-state index contributed by atoms with van der Waals surface area (Å²) < 4.78 is 9.91. The maximum atomic E-state index is 12.4. The van der Waals surface area contributed by atoms with Gasteiger partial charge in [-0.25, -0.2) is 14.4 Å². The van der Waals surface area contributed by atoms with Crippen LogP contribution in [0.2, 0.25) is 0 Å². The summed E-state index contributed by atoms with van der Waals surface area (Å²) >= 11 is 0. The average molecular weight is 443 g/mol. The molecule has 11 heteroatoms. The first-order valence-corrected chi connectivity index (χ1v) is 10.5. The molecule has 0 spiro atoms. The Kier molecular flexibility index (Phi) is 11.1. The number of esters is 3. The lowest BCUT2D eigenvalue weighted by Crippen LogP contribution is -2.47. The number of ether oxygens (including phenoxy) is 2. The summed E-state index contributed by atoms with van der Waals surface area (Å²) in [6, 6.07) is -2.21. The molecule has 1 fully saturated rings. The topological polar surface area (TPSA) is 188 Å². The van der Waals surface area contributed by atoms with E-state index in [9.17, 15) is 29.1 Å². The Morgan fingerprint density at radius 2 is 1.71 bits per heavy atom. The first kappa shape index (κ1) is 26.5. The quantitative estimate of drug-likeness (QED) is 0.220. The van der Waals surface area contributed by atoms with Gasteiger partial charge in [0.25, 0.3) is 0 Å². The van der Waals surface area contributed by atoms with Crippen LogP contribution in [0.15, 0.2) is 0 Å². The van der Waals surface area contributed by atoms with E-state index in [1.54, 1.807) is 0 Å². The van der Waals surface area contributed by atoms with E-state index in [4.69, 9.17) is 20.9 Å². The Hall–Kier alpha value is -2.53. The fourth-order valence-electron chi connectivity index (χ4n) is 3.22. The van der Waals surface area contributed by atoms with Crippen LogP contribution in [0.25, 0.3) is 0 Å². The molecule has 1 aliphatic rings. The number of carbonyl (C=O) groups is 5. The predicted molar refractivity (Wildman–Crippen MR) is 108 cm³/mol. The third kappa shape index (κ3) is 9.88. The highest BCUT2D eigenvalue weighted by Gasteiger charge is 2.32. The van der Waals surface area contributed by atoms with E-state index >= 15 is 0 Å². The van der Waals surface area contributed by atoms with Crippen molar-refractivity contribution < 1.29 is 38.6 Å². The Bertz CT molecular complexity index is 661. The van der Waals surface area contributed by atoms with Crippen LogP contribution in [0.5, 0.6) is 0 Å². The molecule has 1 unspecified atom stereocenters. The minimum atomic E-state index is -1.48. The summed E-state index contributed by atoms with van der Waals surface area (Å²) in [5.41, 5.74) is 10.6. The van der Waals surface area contributed by atoms with Crippen LogP contribution in [-0.4, -0.2) is 59.6 Å². The van der Waals surface area contributed by atoms with Crippen LogP contribution in [0.3, 0.4) is 0 Å². The molecule has 31 heavy (non-hydrogen) atoms. The van der Waals surface area contributed by atoms with E-state index in [1.165, 1.54) is 0 Å². The Morgan fingerprint density at radius 1 is 1.10 bits per heavy atom. The van der Waals surface area contributed by atoms with Crippen LogP contribution in [0, 0.1) is 11.8 Å². The fraction of sp³-hybridized carbons (Fsp3) is 0.750. The van der Waals surface area contributed by atoms with Crippen molar-refractivity contribution in [3.8, 4) is 0 Å². The molecule has 0 aliphatic heterocycles. The van der Waals surface area contributed by atoms with Crippen molar-refractivity contribution in [2.45, 2.75) is 77.0 Å². The van der Waals surface area contributed by atoms with E-state index in [0.29, 0.717) is 12.8 Å². The van der Waals surface area contributed by atoms with Crippen molar-refractivity contribution in [1.29, 1.82) is 0 Å². The number of amides is 1. The zero-order valence-electron chi connectivity index (χ0n) is 18.0. The van der Waals surface area contributed by atoms with Crippen LogP contribution in [0.1, 0.15) is 58.8 Å². The molecule has 0 aromatic heterocycles. The summed E-state index contributed by atoms with van der Waals surface area (Å²) in [5.74, 6) is -4.79. The van der Waals surface area contributed by atoms with Gasteiger partial charge < -0.3 is 31.4 Å². The number of primary amides is 1. The molecule has 0 radical (unpaired) electrons. The molecule has 0 aromatic carbocycles. The zero-order valence-corrected chi connectivity index (χ0v) is 18.0. The Labute approximate surface area is 181 Å². The molecule has 0 heterocycles. The zero-order chi connectivity index (χ0) is 23.6. The molecular formula is C20H33N3O8. The highest BCUT2D eigenvalue weighted by atomic mass is 16.6. The highest BCUT2D eigenvalue weighted by molar-refractivity contribution is 5.91. The number of carboxylic acids is 1. The normalized spacial score (nSPS) is 17.0. The smallest absolute Gasteiger partial charge is 0.346 e. The summed E-state index contributed by atoms with van der Waals surface area (Å²) in [4.78, 5) is 58.9. The number of aliphatic carboxylic acids is 1. The average Bonchev–Trinajstić information content (AvgIpc) is 3.22. The van der Waals surface area contributed by atoms with Gasteiger partial charge in [-0.3, -0.25) is 9.59 Å². The standard InChI is InChI=1S/C20H33N3O8/c1-11(2)9-14(20(29)31-19(28)13(21)7-8-16(22)24)23-10-15(17(25)26)30-18(27)12-5-3-4-6-12/h11-15,23H,3-10,21H2,1-2H3,(H2,22,24)(H,25,26)/t13?,14-,15-/m0/s1. The second-order valence-corrected chi connectivity index (χ2v) is 8.19. The van der Waals surface area contributed by atoms with Crippen LogP contribution >= 0.6 is 0 Å². The molecule has 0 bridgehead atoms. The third-order valence-corrected chi connectivity index (χ3v) is 4.97. The fourth-order valence-corrected chi connectivity index (χ4v) is 3.22. The summed E-state index contributed by atoms with van der Waals surface area (Å²) in [6.45, 7) is 3.33. The number of rotatable bonds is 13. The second kappa shape index (κ2) is 13.0. The van der Waals surface area contributed by atoms with Gasteiger partial charge in [-0.2, -0.15) is 0 Å². The Balaban J connectivity index is 2.68. The highest BCUT2D eigenvalue weighted by Crippen LogP contribution is 2.26. The lowest BCUT2D eigenvalue weighted by molar-refractivity contribution is -0.167. The summed E-state index contributed by atoms with van der Waals surface area (Å²) in [6.07, 6.45) is 1.68. The summed E-state index contributed by atoms with van der Waals surface area (Å²) in [7, 11) is 0. The van der Waals surface area contributed by atoms with Crippen molar-refractivity contribution in [2.75, 3.05) is 6.54 Å². The molecule has 1 amide bonds. The molecule has 0 aromatic rings. The molecule has 1 aliphatic carbocycles. The van der Waals surface area contributed by atoms with Gasteiger partial charge in [-0.15, -0.1) is 0 Å². The SMILES string of the molecule is CC(C)C[C@H](NC[C@H](OC(=O)C1CCCC1)C(=O)O)C(=O)OC(=O)C(N)CCC(N)=O. The van der Waals surface area contributed by atoms with Gasteiger partial charge in [0.15, 0.2) is 0 Å². The molecule has 1 saturated carbocycles. The maximum absolute atomic E-state index is 12.4. The van der Waals surface area contributed by atoms with Crippen LogP contribution in [-0.2, 0) is 33.4 Å². The molecule has 3 atom stereocenters. The van der Waals surface area contributed by atoms with Crippen molar-refractivity contribution in [2.24, 2.45) is 23.3 Å². The van der Waals surface area contributed by atoms with Gasteiger partial charge in [0.1, 0.15) is 12.1 Å². The van der Waals surface area contributed by atoms with Crippen molar-refractivity contribution >= 4 is 29.8 Å². The predicted octanol–water partition coefficient (Wildman–Crippen LogP) is -0.160. The van der Waals surface area contributed by atoms with Crippen molar-refractivity contribution in [3.05, 3.63) is 0 Å². The second-order valence-electron chi connectivity index (χ2n) is 8.19. The monoisotopic (exact) mass is 443 g/mol. The van der Waals surface area contributed by atoms with E-state index in [-0.39, 0.29) is 37.6 Å². The molecular weight excluding hydrogens is 410 g/mol. The number of carbonyl (C=O) groups excluding carboxylic acids is 4. The largest absolute Gasteiger partial charge is 0.478 e. The lowest BCUT2D eigenvalue weighted by atomic mass is 10.0. The van der Waals surface area contributed by atoms with Gasteiger partial charge in [0.05, 0.1) is 5.92 Å². The van der Waals surface area contributed by atoms with E-state index in [1.807, 2.05) is 13.8 Å². The lowest BCUT2D eigenvalue weighted by Gasteiger charge is -2.22. The number of nitrogens with two attached hydrogens (primary N) is 2. The molecule has 11 nitrogen and oxygen atoms in total. The molecule has 0 saturated heterocycles. The minimum absolute atomic E-state index is 0.00741. The number of hydrogen-bond acceptors (Lipinski definition) is 9. The van der Waals surface area contributed by atoms with E-state index in [2.05, 4.69) is 5.32 Å². The first-order chi connectivity index (χ1) is 14.5. The molecule has 6 N–H and O–H groups in total. The third-order valence-electron chi connectivity index (χ3n) is 4.97. The molecule has 1 rings (SSSR count). The first-order valence-electron chi connectivity index (χ1n) is 10.5. The van der Waals surface area contributed by atoms with Gasteiger partial charge >= 0.3 is 23.9 Å². The van der Waals surface area contributed by atoms with E-state index < -0.39 is 48.0 Å². The van der Waals surface area contributed by atoms with Crippen LogP contribution < -0.4 is 16.8 Å². The van der Waals surface area contributed by atoms with E-state index in [0.717, 1.165) is 12.8 Å². The van der Waals surface area contributed by atoms with Gasteiger partial charge in [-0.1, -0.05) is 26.7 Å². The van der Waals surface area contributed by atoms with Crippen LogP contribution in [0.4, 0.5) is 0 Å². The van der Waals surface area contributed by atoms with Gasteiger partial charge in [-0.05, 0) is 31.6 Å². The van der Waals surface area contributed by atoms with Gasteiger partial charge in [0, 0.05) is 13.0 Å². The number of carboxylic acid groups (broad SMARTS) is 1. The Morgan fingerprint density at radius 3 is 2.23 bits per heavy atom. The maximum Gasteiger partial charge on any atom is 0.346 e. The number of hydrogen-bond donors (Lipinski definition) is 4. The number of nitrogens with one attached hydrogen (secondary N) is 1. The van der Waals surface area contributed by atoms with Crippen molar-refractivity contribution in [3.63, 3.8) is 0 Å². The minimum Gasteiger partial charge on any atom is -0.478 e. The molecule has 176 valence electrons.